The van der Waals surface area contributed by atoms with Crippen LogP contribution in [0.15, 0.2) is 12.1 Å². The molecule has 8 heteroatoms. The van der Waals surface area contributed by atoms with Crippen LogP contribution in [0.5, 0.6) is 11.5 Å². The fourth-order valence-corrected chi connectivity index (χ4v) is 3.87. The lowest BCUT2D eigenvalue weighted by molar-refractivity contribution is -0.179. The van der Waals surface area contributed by atoms with Crippen LogP contribution in [-0.4, -0.2) is 50.9 Å². The van der Waals surface area contributed by atoms with E-state index < -0.39 is 41.4 Å². The second kappa shape index (κ2) is 10.0. The summed E-state index contributed by atoms with van der Waals surface area (Å²) in [5, 5.41) is 0. The lowest BCUT2D eigenvalue weighted by atomic mass is 9.66. The van der Waals surface area contributed by atoms with Gasteiger partial charge in [-0.25, -0.2) is 0 Å². The van der Waals surface area contributed by atoms with Gasteiger partial charge in [0, 0.05) is 17.5 Å². The molecule has 0 saturated carbocycles. The number of esters is 3. The van der Waals surface area contributed by atoms with Crippen molar-refractivity contribution in [1.82, 2.24) is 0 Å². The van der Waals surface area contributed by atoms with Gasteiger partial charge in [-0.05, 0) is 53.2 Å². The molecule has 1 atom stereocenters. The largest absolute Gasteiger partial charge is 0.496 e. The van der Waals surface area contributed by atoms with Crippen molar-refractivity contribution in [1.29, 1.82) is 0 Å². The molecule has 0 N–H and O–H groups in total. The van der Waals surface area contributed by atoms with Crippen molar-refractivity contribution < 1.29 is 38.1 Å². The Labute approximate surface area is 183 Å². The van der Waals surface area contributed by atoms with E-state index in [1.165, 1.54) is 14.2 Å². The van der Waals surface area contributed by atoms with E-state index in [2.05, 4.69) is 0 Å². The number of benzene rings is 1. The quantitative estimate of drug-likeness (QED) is 0.348. The smallest absolute Gasteiger partial charge is 0.324 e. The summed E-state index contributed by atoms with van der Waals surface area (Å²) < 4.78 is 27.2. The molecule has 0 saturated heterocycles. The zero-order valence-corrected chi connectivity index (χ0v) is 19.3. The zero-order valence-electron chi connectivity index (χ0n) is 19.3. The maximum atomic E-state index is 13.3. The Morgan fingerprint density at radius 1 is 0.968 bits per heavy atom. The van der Waals surface area contributed by atoms with Gasteiger partial charge in [0.15, 0.2) is 5.41 Å². The summed E-state index contributed by atoms with van der Waals surface area (Å²) in [4.78, 5) is 39.6. The third-order valence-electron chi connectivity index (χ3n) is 5.13. The number of rotatable bonds is 8. The number of methoxy groups -OCH3 is 2. The van der Waals surface area contributed by atoms with Gasteiger partial charge < -0.3 is 23.7 Å². The van der Waals surface area contributed by atoms with Crippen LogP contribution < -0.4 is 9.47 Å². The molecule has 0 amide bonds. The predicted octanol–water partition coefficient (Wildman–Crippen LogP) is 3.19. The SMILES string of the molecule is CCOC(=O)C1CC(C(=O)OC(C)C)(C(=O)OC(C)C)Cc2c(OC)ccc(OC)c21. The molecule has 0 spiro atoms. The van der Waals surface area contributed by atoms with Crippen molar-refractivity contribution in [3.05, 3.63) is 23.3 Å². The van der Waals surface area contributed by atoms with Crippen LogP contribution in [0.2, 0.25) is 0 Å². The molecule has 0 heterocycles. The molecule has 0 aromatic heterocycles. The molecule has 8 nitrogen and oxygen atoms in total. The zero-order chi connectivity index (χ0) is 23.3. The molecule has 1 aliphatic carbocycles. The van der Waals surface area contributed by atoms with Crippen LogP contribution in [-0.2, 0) is 35.0 Å². The molecule has 0 radical (unpaired) electrons. The Balaban J connectivity index is 2.76. The number of hydrogen-bond acceptors (Lipinski definition) is 8. The average molecular weight is 437 g/mol. The molecule has 1 aliphatic rings. The summed E-state index contributed by atoms with van der Waals surface area (Å²) in [5.74, 6) is -2.08. The summed E-state index contributed by atoms with van der Waals surface area (Å²) in [5.41, 5.74) is -0.656. The first-order valence-electron chi connectivity index (χ1n) is 10.4. The van der Waals surface area contributed by atoms with Gasteiger partial charge in [0.05, 0.1) is 39.0 Å². The van der Waals surface area contributed by atoms with E-state index in [4.69, 9.17) is 23.7 Å². The van der Waals surface area contributed by atoms with Gasteiger partial charge in [-0.1, -0.05) is 0 Å². The van der Waals surface area contributed by atoms with Crippen molar-refractivity contribution in [2.45, 2.75) is 65.6 Å². The molecule has 172 valence electrons. The molecule has 1 aromatic rings. The third kappa shape index (κ3) is 4.94. The van der Waals surface area contributed by atoms with Crippen molar-refractivity contribution in [3.8, 4) is 11.5 Å². The van der Waals surface area contributed by atoms with Gasteiger partial charge in [0.1, 0.15) is 11.5 Å². The Hall–Kier alpha value is -2.77. The molecule has 0 fully saturated rings. The molecule has 31 heavy (non-hydrogen) atoms. The summed E-state index contributed by atoms with van der Waals surface area (Å²) in [6, 6.07) is 3.37. The van der Waals surface area contributed by atoms with Gasteiger partial charge in [-0.2, -0.15) is 0 Å². The lowest BCUT2D eigenvalue weighted by Crippen LogP contribution is -2.49. The standard InChI is InChI=1S/C23H32O8/c1-8-29-20(24)16-12-23(21(25)30-13(2)3,22(26)31-14(4)5)11-15-17(27-6)9-10-18(28-7)19(15)16/h9-10,13-14,16H,8,11-12H2,1-7H3. The van der Waals surface area contributed by atoms with E-state index >= 15 is 0 Å². The van der Waals surface area contributed by atoms with E-state index in [1.54, 1.807) is 46.8 Å². The van der Waals surface area contributed by atoms with Crippen molar-refractivity contribution in [3.63, 3.8) is 0 Å². The highest BCUT2D eigenvalue weighted by Gasteiger charge is 2.56. The summed E-state index contributed by atoms with van der Waals surface area (Å²) in [7, 11) is 2.98. The Kier molecular flexibility index (Phi) is 7.92. The van der Waals surface area contributed by atoms with E-state index in [-0.39, 0.29) is 19.4 Å². The lowest BCUT2D eigenvalue weighted by Gasteiger charge is -2.39. The van der Waals surface area contributed by atoms with Gasteiger partial charge in [0.25, 0.3) is 0 Å². The number of carbonyl (C=O) groups is 3. The molecular formula is C23H32O8. The minimum absolute atomic E-state index is 0.0459. The first-order valence-corrected chi connectivity index (χ1v) is 10.4. The molecular weight excluding hydrogens is 404 g/mol. The normalized spacial score (nSPS) is 17.0. The maximum Gasteiger partial charge on any atom is 0.324 e. The summed E-state index contributed by atoms with van der Waals surface area (Å²) in [6.45, 7) is 8.63. The van der Waals surface area contributed by atoms with E-state index in [1.807, 2.05) is 0 Å². The highest BCUT2D eigenvalue weighted by atomic mass is 16.6. The van der Waals surface area contributed by atoms with E-state index in [0.29, 0.717) is 22.6 Å². The molecule has 1 aromatic carbocycles. The topological polar surface area (TPSA) is 97.4 Å². The number of fused-ring (bicyclic) bond motifs is 1. The number of ether oxygens (including phenoxy) is 5. The van der Waals surface area contributed by atoms with Gasteiger partial charge in [-0.3, -0.25) is 14.4 Å². The molecule has 2 rings (SSSR count). The van der Waals surface area contributed by atoms with Crippen LogP contribution in [0.3, 0.4) is 0 Å². The van der Waals surface area contributed by atoms with Crippen LogP contribution >= 0.6 is 0 Å². The fourth-order valence-electron chi connectivity index (χ4n) is 3.87. The van der Waals surface area contributed by atoms with Crippen molar-refractivity contribution in [2.24, 2.45) is 5.41 Å². The summed E-state index contributed by atoms with van der Waals surface area (Å²) in [6.07, 6.45) is -1.11. The minimum atomic E-state index is -1.72. The molecule has 1 unspecified atom stereocenters. The average Bonchev–Trinajstić information content (AvgIpc) is 2.70. The fraction of sp³-hybridized carbons (Fsp3) is 0.609. The van der Waals surface area contributed by atoms with Crippen LogP contribution in [0.1, 0.15) is 58.1 Å². The third-order valence-corrected chi connectivity index (χ3v) is 5.13. The molecule has 0 aliphatic heterocycles. The predicted molar refractivity (Wildman–Crippen MR) is 112 cm³/mol. The molecule has 0 bridgehead atoms. The monoisotopic (exact) mass is 436 g/mol. The summed E-state index contributed by atoms with van der Waals surface area (Å²) >= 11 is 0. The Bertz CT molecular complexity index is 805. The Morgan fingerprint density at radius 3 is 1.94 bits per heavy atom. The van der Waals surface area contributed by atoms with Gasteiger partial charge >= 0.3 is 17.9 Å². The second-order valence-electron chi connectivity index (χ2n) is 8.04. The van der Waals surface area contributed by atoms with Crippen LogP contribution in [0.4, 0.5) is 0 Å². The number of carbonyl (C=O) groups excluding carboxylic acids is 3. The van der Waals surface area contributed by atoms with Crippen molar-refractivity contribution >= 4 is 17.9 Å². The second-order valence-corrected chi connectivity index (χ2v) is 8.04. The van der Waals surface area contributed by atoms with Gasteiger partial charge in [0.2, 0.25) is 0 Å². The van der Waals surface area contributed by atoms with E-state index in [9.17, 15) is 14.4 Å². The highest BCUT2D eigenvalue weighted by molar-refractivity contribution is 6.02. The minimum Gasteiger partial charge on any atom is -0.496 e. The Morgan fingerprint density at radius 2 is 1.48 bits per heavy atom. The highest BCUT2D eigenvalue weighted by Crippen LogP contribution is 2.50. The van der Waals surface area contributed by atoms with Gasteiger partial charge in [-0.15, -0.1) is 0 Å². The first kappa shape index (κ1) is 24.5. The van der Waals surface area contributed by atoms with Crippen molar-refractivity contribution in [2.75, 3.05) is 20.8 Å². The van der Waals surface area contributed by atoms with E-state index in [0.717, 1.165) is 0 Å². The van der Waals surface area contributed by atoms with Crippen LogP contribution in [0, 0.1) is 5.41 Å². The number of hydrogen-bond donors (Lipinski definition) is 0. The maximum absolute atomic E-state index is 13.3. The first-order chi connectivity index (χ1) is 14.6. The van der Waals surface area contributed by atoms with Crippen LogP contribution in [0.25, 0.3) is 0 Å².